The molecule has 0 aliphatic carbocycles. The van der Waals surface area contributed by atoms with Crippen molar-refractivity contribution in [2.75, 3.05) is 37.9 Å². The van der Waals surface area contributed by atoms with Crippen LogP contribution >= 0.6 is 11.8 Å². The Hall–Kier alpha value is -0.750. The molecule has 2 rings (SSSR count). The Morgan fingerprint density at radius 1 is 1.35 bits per heavy atom. The molecule has 2 aliphatic rings. The van der Waals surface area contributed by atoms with Gasteiger partial charge in [-0.05, 0) is 18.8 Å². The average molecular weight is 343 g/mol. The van der Waals surface area contributed by atoms with Gasteiger partial charge >= 0.3 is 0 Å². The summed E-state index contributed by atoms with van der Waals surface area (Å²) in [6.07, 6.45) is 1.51. The molecule has 23 heavy (non-hydrogen) atoms. The Kier molecular flexibility index (Phi) is 6.37. The molecule has 2 saturated heterocycles. The van der Waals surface area contributed by atoms with E-state index in [-0.39, 0.29) is 23.3 Å². The van der Waals surface area contributed by atoms with Crippen LogP contribution in [-0.4, -0.2) is 65.6 Å². The lowest BCUT2D eigenvalue weighted by molar-refractivity contribution is -0.144. The first-order valence-corrected chi connectivity index (χ1v) is 9.71. The van der Waals surface area contributed by atoms with E-state index in [2.05, 4.69) is 20.8 Å². The van der Waals surface area contributed by atoms with Gasteiger partial charge in [0, 0.05) is 37.8 Å². The standard InChI is InChI=1S/C17H30N2O3S/c1-5-18(9-13-6-7-22-10-13)16(21)14-11-23-12-19(14)15(20)8-17(2,3)4/h13-14H,5-12H2,1-4H3/t13-,14+/m0/s1. The van der Waals surface area contributed by atoms with E-state index in [1.807, 2.05) is 11.8 Å². The van der Waals surface area contributed by atoms with Gasteiger partial charge < -0.3 is 14.5 Å². The minimum atomic E-state index is -0.294. The van der Waals surface area contributed by atoms with E-state index in [0.29, 0.717) is 30.5 Å². The molecule has 2 atom stereocenters. The first kappa shape index (κ1) is 18.6. The van der Waals surface area contributed by atoms with E-state index in [0.717, 1.165) is 26.2 Å². The number of hydrogen-bond acceptors (Lipinski definition) is 4. The zero-order chi connectivity index (χ0) is 17.0. The second-order valence-electron chi connectivity index (χ2n) is 7.72. The molecule has 0 radical (unpaired) electrons. The van der Waals surface area contributed by atoms with Gasteiger partial charge in [0.15, 0.2) is 0 Å². The number of carbonyl (C=O) groups is 2. The molecule has 0 saturated carbocycles. The van der Waals surface area contributed by atoms with Crippen LogP contribution in [0.15, 0.2) is 0 Å². The Balaban J connectivity index is 1.99. The molecule has 0 bridgehead atoms. The summed E-state index contributed by atoms with van der Waals surface area (Å²) in [6, 6.07) is -0.294. The molecule has 0 aromatic rings. The number of ether oxygens (including phenoxy) is 1. The largest absolute Gasteiger partial charge is 0.381 e. The van der Waals surface area contributed by atoms with Crippen LogP contribution in [0.2, 0.25) is 0 Å². The fourth-order valence-electron chi connectivity index (χ4n) is 3.07. The Morgan fingerprint density at radius 3 is 2.65 bits per heavy atom. The first-order valence-electron chi connectivity index (χ1n) is 8.55. The van der Waals surface area contributed by atoms with Gasteiger partial charge in [-0.3, -0.25) is 9.59 Å². The van der Waals surface area contributed by atoms with Crippen LogP contribution in [-0.2, 0) is 14.3 Å². The lowest BCUT2D eigenvalue weighted by Gasteiger charge is -2.31. The Morgan fingerprint density at radius 2 is 2.09 bits per heavy atom. The first-order chi connectivity index (χ1) is 10.8. The van der Waals surface area contributed by atoms with Crippen molar-refractivity contribution in [2.45, 2.75) is 46.6 Å². The van der Waals surface area contributed by atoms with E-state index < -0.39 is 0 Å². The maximum Gasteiger partial charge on any atom is 0.246 e. The maximum absolute atomic E-state index is 12.9. The highest BCUT2D eigenvalue weighted by molar-refractivity contribution is 7.99. The van der Waals surface area contributed by atoms with Crippen molar-refractivity contribution in [3.05, 3.63) is 0 Å². The van der Waals surface area contributed by atoms with Gasteiger partial charge in [0.1, 0.15) is 6.04 Å². The summed E-state index contributed by atoms with van der Waals surface area (Å²) in [5.74, 6) is 1.99. The third-order valence-corrected chi connectivity index (χ3v) is 5.38. The summed E-state index contributed by atoms with van der Waals surface area (Å²) in [4.78, 5) is 29.2. The molecule has 0 unspecified atom stereocenters. The van der Waals surface area contributed by atoms with Gasteiger partial charge in [0.05, 0.1) is 12.5 Å². The van der Waals surface area contributed by atoms with Crippen LogP contribution in [0.5, 0.6) is 0 Å². The molecule has 0 N–H and O–H groups in total. The third-order valence-electron chi connectivity index (χ3n) is 4.37. The number of nitrogens with zero attached hydrogens (tertiary/aromatic N) is 2. The zero-order valence-corrected chi connectivity index (χ0v) is 15.7. The van der Waals surface area contributed by atoms with Gasteiger partial charge in [-0.1, -0.05) is 20.8 Å². The smallest absolute Gasteiger partial charge is 0.246 e. The lowest BCUT2D eigenvalue weighted by Crippen LogP contribution is -2.50. The second kappa shape index (κ2) is 7.88. The summed E-state index contributed by atoms with van der Waals surface area (Å²) < 4.78 is 5.42. The SMILES string of the molecule is CCN(C[C@@H]1CCOC1)C(=O)[C@H]1CSCN1C(=O)CC(C)(C)C. The van der Waals surface area contributed by atoms with E-state index in [9.17, 15) is 9.59 Å². The van der Waals surface area contributed by atoms with E-state index in [1.54, 1.807) is 16.7 Å². The van der Waals surface area contributed by atoms with Crippen LogP contribution in [0.3, 0.4) is 0 Å². The van der Waals surface area contributed by atoms with Crippen LogP contribution in [0.1, 0.15) is 40.5 Å². The highest BCUT2D eigenvalue weighted by Crippen LogP contribution is 2.28. The summed E-state index contributed by atoms with van der Waals surface area (Å²) in [5, 5.41) is 0. The molecule has 5 nitrogen and oxygen atoms in total. The quantitative estimate of drug-likeness (QED) is 0.769. The molecule has 0 spiro atoms. The van der Waals surface area contributed by atoms with Crippen LogP contribution < -0.4 is 0 Å². The molecule has 2 amide bonds. The Labute approximate surface area is 144 Å². The fraction of sp³-hybridized carbons (Fsp3) is 0.882. The topological polar surface area (TPSA) is 49.9 Å². The number of thioether (sulfide) groups is 1. The third kappa shape index (κ3) is 5.11. The number of hydrogen-bond donors (Lipinski definition) is 0. The molecule has 6 heteroatoms. The molecule has 2 fully saturated rings. The zero-order valence-electron chi connectivity index (χ0n) is 14.8. The molecule has 2 heterocycles. The maximum atomic E-state index is 12.9. The molecule has 2 aliphatic heterocycles. The van der Waals surface area contributed by atoms with Crippen molar-refractivity contribution in [2.24, 2.45) is 11.3 Å². The van der Waals surface area contributed by atoms with Crippen LogP contribution in [0.25, 0.3) is 0 Å². The van der Waals surface area contributed by atoms with Crippen molar-refractivity contribution in [3.63, 3.8) is 0 Å². The molecular weight excluding hydrogens is 312 g/mol. The summed E-state index contributed by atoms with van der Waals surface area (Å²) in [5.41, 5.74) is -0.0520. The number of amides is 2. The van der Waals surface area contributed by atoms with Crippen LogP contribution in [0.4, 0.5) is 0 Å². The normalized spacial score (nSPS) is 25.0. The van der Waals surface area contributed by atoms with Crippen LogP contribution in [0, 0.1) is 11.3 Å². The van der Waals surface area contributed by atoms with Gasteiger partial charge in [-0.2, -0.15) is 0 Å². The van der Waals surface area contributed by atoms with E-state index >= 15 is 0 Å². The van der Waals surface area contributed by atoms with Crippen molar-refractivity contribution in [3.8, 4) is 0 Å². The van der Waals surface area contributed by atoms with E-state index in [1.165, 1.54) is 0 Å². The number of rotatable bonds is 5. The minimum Gasteiger partial charge on any atom is -0.381 e. The van der Waals surface area contributed by atoms with Crippen molar-refractivity contribution in [1.82, 2.24) is 9.80 Å². The van der Waals surface area contributed by atoms with Gasteiger partial charge in [0.25, 0.3) is 0 Å². The lowest BCUT2D eigenvalue weighted by atomic mass is 9.91. The summed E-state index contributed by atoms with van der Waals surface area (Å²) in [6.45, 7) is 11.2. The molecule has 0 aromatic carbocycles. The van der Waals surface area contributed by atoms with Gasteiger partial charge in [-0.25, -0.2) is 0 Å². The minimum absolute atomic E-state index is 0.0520. The number of likely N-dealkylation sites (N-methyl/N-ethyl adjacent to an activating group) is 1. The van der Waals surface area contributed by atoms with Gasteiger partial charge in [-0.15, -0.1) is 11.8 Å². The average Bonchev–Trinajstić information content (AvgIpc) is 3.13. The molecule has 0 aromatic heterocycles. The van der Waals surface area contributed by atoms with Crippen molar-refractivity contribution >= 4 is 23.6 Å². The highest BCUT2D eigenvalue weighted by Gasteiger charge is 2.38. The molecule has 132 valence electrons. The predicted octanol–water partition coefficient (Wildman–Crippen LogP) is 2.21. The Bertz CT molecular complexity index is 430. The fourth-order valence-corrected chi connectivity index (χ4v) is 4.24. The van der Waals surface area contributed by atoms with Gasteiger partial charge in [0.2, 0.25) is 11.8 Å². The number of carbonyl (C=O) groups excluding carboxylic acids is 2. The van der Waals surface area contributed by atoms with Crippen molar-refractivity contribution in [1.29, 1.82) is 0 Å². The second-order valence-corrected chi connectivity index (χ2v) is 8.72. The summed E-state index contributed by atoms with van der Waals surface area (Å²) in [7, 11) is 0. The predicted molar refractivity (Wildman–Crippen MR) is 93.2 cm³/mol. The van der Waals surface area contributed by atoms with Crippen molar-refractivity contribution < 1.29 is 14.3 Å². The summed E-state index contributed by atoms with van der Waals surface area (Å²) >= 11 is 1.68. The molecular formula is C17H30N2O3S. The highest BCUT2D eigenvalue weighted by atomic mass is 32.2. The monoisotopic (exact) mass is 342 g/mol. The van der Waals surface area contributed by atoms with E-state index in [4.69, 9.17) is 4.74 Å².